The first kappa shape index (κ1) is 40.5. The van der Waals surface area contributed by atoms with Gasteiger partial charge in [-0.3, -0.25) is 19.2 Å². The largest absolute Gasteiger partial charge is 0.488 e. The number of benzene rings is 6. The maximum atomic E-state index is 15.1. The number of esters is 2. The number of carbonyl (C=O) groups is 4. The van der Waals surface area contributed by atoms with E-state index in [4.69, 9.17) is 49.0 Å². The van der Waals surface area contributed by atoms with E-state index in [2.05, 4.69) is 10.6 Å². The molecule has 0 saturated heterocycles. The van der Waals surface area contributed by atoms with Crippen LogP contribution in [0, 0.1) is 5.82 Å². The second kappa shape index (κ2) is 19.1. The van der Waals surface area contributed by atoms with Crippen LogP contribution in [0.1, 0.15) is 43.0 Å². The highest BCUT2D eigenvalue weighted by Crippen LogP contribution is 2.28. The topological polar surface area (TPSA) is 120 Å². The quantitative estimate of drug-likeness (QED) is 0.0829. The van der Waals surface area contributed by atoms with E-state index in [9.17, 15) is 19.2 Å². The molecule has 0 bridgehead atoms. The Morgan fingerprint density at radius 1 is 0.544 bits per heavy atom. The van der Waals surface area contributed by atoms with Crippen LogP contribution in [0.3, 0.4) is 0 Å². The highest BCUT2D eigenvalue weighted by Gasteiger charge is 2.19. The van der Waals surface area contributed by atoms with Gasteiger partial charge in [0.1, 0.15) is 30.5 Å². The van der Waals surface area contributed by atoms with Crippen LogP contribution in [-0.2, 0) is 40.4 Å². The number of rotatable bonds is 14. The summed E-state index contributed by atoms with van der Waals surface area (Å²) >= 11 is 18.6. The van der Waals surface area contributed by atoms with Gasteiger partial charge in [0.25, 0.3) is 11.8 Å². The van der Waals surface area contributed by atoms with E-state index < -0.39 is 36.0 Å². The second-order valence-corrected chi connectivity index (χ2v) is 13.8. The summed E-state index contributed by atoms with van der Waals surface area (Å²) in [6.07, 6.45) is -0.874. The molecule has 6 aromatic carbocycles. The van der Waals surface area contributed by atoms with E-state index >= 15 is 4.39 Å². The van der Waals surface area contributed by atoms with Crippen LogP contribution in [0.2, 0.25) is 15.1 Å². The van der Waals surface area contributed by atoms with Crippen molar-refractivity contribution < 1.29 is 37.8 Å². The third-order valence-corrected chi connectivity index (χ3v) is 9.12. The van der Waals surface area contributed by atoms with Crippen molar-refractivity contribution >= 4 is 69.9 Å². The Kier molecular flexibility index (Phi) is 13.6. The Bertz CT molecular complexity index is 2450. The minimum Gasteiger partial charge on any atom is -0.488 e. The van der Waals surface area contributed by atoms with Gasteiger partial charge in [0.2, 0.25) is 0 Å². The van der Waals surface area contributed by atoms with E-state index in [1.165, 1.54) is 30.3 Å². The van der Waals surface area contributed by atoms with Gasteiger partial charge in [-0.15, -0.1) is 0 Å². The monoisotopic (exact) mass is 824 g/mol. The maximum absolute atomic E-state index is 15.1. The smallest absolute Gasteiger partial charge is 0.318 e. The van der Waals surface area contributed by atoms with Gasteiger partial charge in [-0.05, 0) is 89.0 Å². The lowest BCUT2D eigenvalue weighted by molar-refractivity contribution is -0.158. The van der Waals surface area contributed by atoms with Crippen LogP contribution < -0.4 is 20.1 Å². The molecule has 0 spiro atoms. The first-order valence-electron chi connectivity index (χ1n) is 17.4. The Morgan fingerprint density at radius 3 is 1.96 bits per heavy atom. The molecule has 57 heavy (non-hydrogen) atoms. The zero-order valence-corrected chi connectivity index (χ0v) is 32.2. The van der Waals surface area contributed by atoms with Gasteiger partial charge in [0.05, 0.1) is 34.7 Å². The van der Waals surface area contributed by atoms with Crippen molar-refractivity contribution in [3.05, 3.63) is 188 Å². The maximum Gasteiger partial charge on any atom is 0.318 e. The Balaban J connectivity index is 1.00. The van der Waals surface area contributed by atoms with E-state index in [0.717, 1.165) is 17.2 Å². The number of halogens is 4. The zero-order valence-electron chi connectivity index (χ0n) is 29.9. The van der Waals surface area contributed by atoms with E-state index in [1.807, 2.05) is 36.4 Å². The average Bonchev–Trinajstić information content (AvgIpc) is 3.19. The van der Waals surface area contributed by atoms with Gasteiger partial charge < -0.3 is 24.8 Å². The van der Waals surface area contributed by atoms with Gasteiger partial charge in [0.15, 0.2) is 0 Å². The lowest BCUT2D eigenvalue weighted by Crippen LogP contribution is -2.17. The van der Waals surface area contributed by atoms with Gasteiger partial charge in [-0.2, -0.15) is 0 Å². The van der Waals surface area contributed by atoms with E-state index in [-0.39, 0.29) is 57.9 Å². The van der Waals surface area contributed by atoms with Gasteiger partial charge in [-0.25, -0.2) is 4.39 Å². The van der Waals surface area contributed by atoms with Crippen molar-refractivity contribution in [2.75, 3.05) is 10.6 Å². The number of para-hydroxylation sites is 1. The summed E-state index contributed by atoms with van der Waals surface area (Å²) in [5.74, 6) is -3.12. The fraction of sp³-hybridized carbons (Fsp3) is 0.0909. The summed E-state index contributed by atoms with van der Waals surface area (Å²) in [4.78, 5) is 51.6. The standard InChI is InChI=1S/C44H32Cl3FN2O7/c45-31-10-6-9-29(19-31)26-56-40-18-15-32(46)23-35(40)44(54)49-33-16-14-30(37(48)24-33)22-42(52)57-41(51)21-28-13-17-38(36(47)20-28)50-43(53)34-11-4-5-12-39(34)55-25-27-7-2-1-3-8-27/h1-20,23-24H,21-22,25-26H2,(H,49,54)(H,50,53). The van der Waals surface area contributed by atoms with Crippen LogP contribution in [0.5, 0.6) is 11.5 Å². The molecule has 6 rings (SSSR count). The van der Waals surface area contributed by atoms with E-state index in [0.29, 0.717) is 21.9 Å². The highest BCUT2D eigenvalue weighted by atomic mass is 35.5. The van der Waals surface area contributed by atoms with Crippen molar-refractivity contribution in [3.63, 3.8) is 0 Å². The fourth-order valence-corrected chi connectivity index (χ4v) is 6.19. The molecule has 0 fully saturated rings. The SMILES string of the molecule is O=C(Cc1ccc(NC(=O)c2ccccc2OCc2ccccc2)c(Cl)c1)OC(=O)Cc1ccc(NC(=O)c2cc(Cl)ccc2OCc2cccc(Cl)c2)cc1F. The molecule has 0 aliphatic carbocycles. The summed E-state index contributed by atoms with van der Waals surface area (Å²) in [5, 5.41) is 6.34. The van der Waals surface area contributed by atoms with Gasteiger partial charge in [-0.1, -0.05) is 102 Å². The molecular formula is C44H32Cl3FN2O7. The fourth-order valence-electron chi connectivity index (χ4n) is 5.56. The average molecular weight is 826 g/mol. The van der Waals surface area contributed by atoms with Gasteiger partial charge >= 0.3 is 11.9 Å². The number of anilines is 2. The molecule has 6 aromatic rings. The molecule has 0 saturated carbocycles. The molecule has 0 aliphatic heterocycles. The summed E-state index contributed by atoms with van der Waals surface area (Å²) in [6, 6.07) is 36.2. The van der Waals surface area contributed by atoms with Crippen LogP contribution in [-0.4, -0.2) is 23.8 Å². The third kappa shape index (κ3) is 11.4. The molecule has 0 atom stereocenters. The molecular weight excluding hydrogens is 794 g/mol. The number of amides is 2. The zero-order chi connectivity index (χ0) is 40.3. The molecule has 0 unspecified atom stereocenters. The normalized spacial score (nSPS) is 10.7. The summed E-state index contributed by atoms with van der Waals surface area (Å²) < 4.78 is 31.8. The summed E-state index contributed by atoms with van der Waals surface area (Å²) in [6.45, 7) is 0.406. The van der Waals surface area contributed by atoms with Crippen molar-refractivity contribution in [2.45, 2.75) is 26.1 Å². The lowest BCUT2D eigenvalue weighted by Gasteiger charge is -2.13. The minimum atomic E-state index is -0.987. The number of hydrogen-bond donors (Lipinski definition) is 2. The highest BCUT2D eigenvalue weighted by molar-refractivity contribution is 6.34. The number of ether oxygens (including phenoxy) is 3. The van der Waals surface area contributed by atoms with Gasteiger partial charge in [0, 0.05) is 15.7 Å². The molecule has 0 aliphatic rings. The molecule has 0 aromatic heterocycles. The van der Waals surface area contributed by atoms with Crippen LogP contribution in [0.15, 0.2) is 133 Å². The van der Waals surface area contributed by atoms with Crippen LogP contribution in [0.4, 0.5) is 15.8 Å². The lowest BCUT2D eigenvalue weighted by atomic mass is 10.1. The molecule has 0 radical (unpaired) electrons. The summed E-state index contributed by atoms with van der Waals surface area (Å²) in [5.41, 5.74) is 2.88. The number of nitrogens with one attached hydrogen (secondary N) is 2. The van der Waals surface area contributed by atoms with Crippen LogP contribution >= 0.6 is 34.8 Å². The Hall–Kier alpha value is -6.20. The number of hydrogen-bond acceptors (Lipinski definition) is 7. The summed E-state index contributed by atoms with van der Waals surface area (Å²) in [7, 11) is 0. The van der Waals surface area contributed by atoms with Crippen molar-refractivity contribution in [1.29, 1.82) is 0 Å². The van der Waals surface area contributed by atoms with E-state index in [1.54, 1.807) is 60.7 Å². The minimum absolute atomic E-state index is 0.0609. The predicted octanol–water partition coefficient (Wildman–Crippen LogP) is 10.3. The molecule has 288 valence electrons. The molecule has 0 heterocycles. The first-order chi connectivity index (χ1) is 27.5. The third-order valence-electron chi connectivity index (χ3n) is 8.34. The molecule has 2 amide bonds. The first-order valence-corrected chi connectivity index (χ1v) is 18.5. The van der Waals surface area contributed by atoms with Crippen molar-refractivity contribution in [2.24, 2.45) is 0 Å². The molecule has 2 N–H and O–H groups in total. The molecule has 9 nitrogen and oxygen atoms in total. The second-order valence-electron chi connectivity index (χ2n) is 12.6. The Labute approximate surface area is 342 Å². The molecule has 13 heteroatoms. The van der Waals surface area contributed by atoms with Crippen LogP contribution in [0.25, 0.3) is 0 Å². The predicted molar refractivity (Wildman–Crippen MR) is 217 cm³/mol. The Morgan fingerprint density at radius 2 is 1.21 bits per heavy atom. The van der Waals surface area contributed by atoms with Crippen molar-refractivity contribution in [3.8, 4) is 11.5 Å². The number of carbonyl (C=O) groups excluding carboxylic acids is 4. The van der Waals surface area contributed by atoms with Crippen molar-refractivity contribution in [1.82, 2.24) is 0 Å².